The van der Waals surface area contributed by atoms with Gasteiger partial charge in [-0.3, -0.25) is 0 Å². The van der Waals surface area contributed by atoms with Gasteiger partial charge in [0.15, 0.2) is 0 Å². The average molecular weight is 312 g/mol. The minimum atomic E-state index is 0.630. The van der Waals surface area contributed by atoms with Gasteiger partial charge < -0.3 is 5.73 Å². The van der Waals surface area contributed by atoms with Gasteiger partial charge in [-0.1, -0.05) is 54.1 Å². The Morgan fingerprint density at radius 1 is 0.909 bits per heavy atom. The number of allylic oxidation sites excluding steroid dienone is 1. The summed E-state index contributed by atoms with van der Waals surface area (Å²) in [5, 5.41) is 9.13. The molecular formula is C18H18ClN3. The van der Waals surface area contributed by atoms with E-state index in [1.807, 2.05) is 68.4 Å². The Bertz CT molecular complexity index is 714. The number of benzene rings is 2. The lowest BCUT2D eigenvalue weighted by Gasteiger charge is -2.02. The van der Waals surface area contributed by atoms with Crippen LogP contribution < -0.4 is 5.73 Å². The number of nitrogens with two attached hydrogens (primary N) is 1. The van der Waals surface area contributed by atoms with Crippen molar-refractivity contribution in [3.05, 3.63) is 76.8 Å². The van der Waals surface area contributed by atoms with Crippen molar-refractivity contribution < 1.29 is 0 Å². The fourth-order valence-corrected chi connectivity index (χ4v) is 2.00. The molecule has 0 aliphatic rings. The molecule has 2 aromatic carbocycles. The SMILES string of the molecule is C/C(=N/N=C(C)/C=C(\N)c1ccc(Cl)cc1)c1ccccc1. The summed E-state index contributed by atoms with van der Waals surface area (Å²) in [6.45, 7) is 3.79. The molecule has 0 atom stereocenters. The predicted octanol–water partition coefficient (Wildman–Crippen LogP) is 4.52. The van der Waals surface area contributed by atoms with Gasteiger partial charge >= 0.3 is 0 Å². The maximum atomic E-state index is 6.05. The zero-order valence-electron chi connectivity index (χ0n) is 12.6. The van der Waals surface area contributed by atoms with Crippen LogP contribution in [0.4, 0.5) is 0 Å². The van der Waals surface area contributed by atoms with Crippen molar-refractivity contribution in [3.63, 3.8) is 0 Å². The number of hydrogen-bond donors (Lipinski definition) is 1. The molecule has 0 radical (unpaired) electrons. The third kappa shape index (κ3) is 4.57. The Labute approximate surface area is 135 Å². The molecule has 0 aromatic heterocycles. The second kappa shape index (κ2) is 7.57. The Morgan fingerprint density at radius 3 is 2.18 bits per heavy atom. The predicted molar refractivity (Wildman–Crippen MR) is 95.4 cm³/mol. The van der Waals surface area contributed by atoms with Crippen molar-refractivity contribution in [1.29, 1.82) is 0 Å². The fourth-order valence-electron chi connectivity index (χ4n) is 1.87. The second-order valence-corrected chi connectivity index (χ2v) is 5.34. The molecule has 2 N–H and O–H groups in total. The van der Waals surface area contributed by atoms with E-state index < -0.39 is 0 Å². The highest BCUT2D eigenvalue weighted by Crippen LogP contribution is 2.14. The molecule has 2 rings (SSSR count). The smallest absolute Gasteiger partial charge is 0.0671 e. The standard InChI is InChI=1S/C18H18ClN3/c1-13(12-18(20)16-8-10-17(19)11-9-16)21-22-14(2)15-6-4-3-5-7-15/h3-12H,20H2,1-2H3/b18-12-,21-13+,22-14-. The molecule has 0 saturated heterocycles. The molecule has 0 unspecified atom stereocenters. The first-order valence-electron chi connectivity index (χ1n) is 6.93. The summed E-state index contributed by atoms with van der Waals surface area (Å²) in [6.07, 6.45) is 1.80. The van der Waals surface area contributed by atoms with E-state index in [0.717, 1.165) is 22.6 Å². The van der Waals surface area contributed by atoms with Crippen LogP contribution in [0.5, 0.6) is 0 Å². The van der Waals surface area contributed by atoms with Gasteiger partial charge in [0.1, 0.15) is 0 Å². The van der Waals surface area contributed by atoms with Crippen LogP contribution in [0.15, 0.2) is 70.9 Å². The van der Waals surface area contributed by atoms with Gasteiger partial charge in [-0.25, -0.2) is 0 Å². The Balaban J connectivity index is 2.15. The summed E-state index contributed by atoms with van der Waals surface area (Å²) >= 11 is 5.86. The lowest BCUT2D eigenvalue weighted by Crippen LogP contribution is -1.99. The zero-order chi connectivity index (χ0) is 15.9. The molecule has 112 valence electrons. The number of rotatable bonds is 4. The second-order valence-electron chi connectivity index (χ2n) is 4.90. The van der Waals surface area contributed by atoms with Gasteiger partial charge in [0.25, 0.3) is 0 Å². The number of nitrogens with zero attached hydrogens (tertiary/aromatic N) is 2. The lowest BCUT2D eigenvalue weighted by atomic mass is 10.1. The molecule has 0 amide bonds. The van der Waals surface area contributed by atoms with E-state index >= 15 is 0 Å². The monoisotopic (exact) mass is 311 g/mol. The van der Waals surface area contributed by atoms with Crippen LogP contribution in [0.25, 0.3) is 5.70 Å². The summed E-state index contributed by atoms with van der Waals surface area (Å²) in [4.78, 5) is 0. The maximum Gasteiger partial charge on any atom is 0.0671 e. The Morgan fingerprint density at radius 2 is 1.55 bits per heavy atom. The third-order valence-corrected chi connectivity index (χ3v) is 3.34. The molecule has 0 heterocycles. The van der Waals surface area contributed by atoms with E-state index in [-0.39, 0.29) is 0 Å². The molecule has 0 aliphatic heterocycles. The summed E-state index contributed by atoms with van der Waals surface area (Å²) in [6, 6.07) is 17.3. The first-order valence-corrected chi connectivity index (χ1v) is 7.31. The van der Waals surface area contributed by atoms with Gasteiger partial charge in [-0.2, -0.15) is 10.2 Å². The Kier molecular flexibility index (Phi) is 5.50. The van der Waals surface area contributed by atoms with Gasteiger partial charge in [0.2, 0.25) is 0 Å². The van der Waals surface area contributed by atoms with E-state index in [1.165, 1.54) is 0 Å². The van der Waals surface area contributed by atoms with E-state index in [2.05, 4.69) is 10.2 Å². The average Bonchev–Trinajstić information content (AvgIpc) is 2.54. The van der Waals surface area contributed by atoms with Crippen LogP contribution in [0, 0.1) is 0 Å². The number of hydrogen-bond acceptors (Lipinski definition) is 3. The normalized spacial score (nSPS) is 13.3. The van der Waals surface area contributed by atoms with Gasteiger partial charge in [-0.05, 0) is 43.2 Å². The minimum Gasteiger partial charge on any atom is -0.398 e. The van der Waals surface area contributed by atoms with Gasteiger partial charge in [-0.15, -0.1) is 0 Å². The highest BCUT2D eigenvalue weighted by atomic mass is 35.5. The molecule has 0 saturated carbocycles. The highest BCUT2D eigenvalue weighted by Gasteiger charge is 1.98. The highest BCUT2D eigenvalue weighted by molar-refractivity contribution is 6.30. The van der Waals surface area contributed by atoms with Crippen molar-refractivity contribution in [2.45, 2.75) is 13.8 Å². The van der Waals surface area contributed by atoms with Crippen LogP contribution in [-0.4, -0.2) is 11.4 Å². The molecule has 3 nitrogen and oxygen atoms in total. The van der Waals surface area contributed by atoms with Gasteiger partial charge in [0.05, 0.1) is 11.4 Å². The van der Waals surface area contributed by atoms with Crippen LogP contribution in [0.3, 0.4) is 0 Å². The van der Waals surface area contributed by atoms with Crippen molar-refractivity contribution in [1.82, 2.24) is 0 Å². The van der Waals surface area contributed by atoms with Crippen LogP contribution in [0.1, 0.15) is 25.0 Å². The van der Waals surface area contributed by atoms with Gasteiger partial charge in [0, 0.05) is 10.7 Å². The molecule has 0 fully saturated rings. The van der Waals surface area contributed by atoms with Crippen LogP contribution >= 0.6 is 11.6 Å². The van der Waals surface area contributed by atoms with Crippen LogP contribution in [-0.2, 0) is 0 Å². The minimum absolute atomic E-state index is 0.630. The lowest BCUT2D eigenvalue weighted by molar-refractivity contribution is 1.22. The molecule has 4 heteroatoms. The summed E-state index contributed by atoms with van der Waals surface area (Å²) in [5.74, 6) is 0. The molecule has 0 aliphatic carbocycles. The molecular weight excluding hydrogens is 294 g/mol. The van der Waals surface area contributed by atoms with Crippen molar-refractivity contribution in [2.24, 2.45) is 15.9 Å². The topological polar surface area (TPSA) is 50.7 Å². The number of halogens is 1. The summed E-state index contributed by atoms with van der Waals surface area (Å²) < 4.78 is 0. The maximum absolute atomic E-state index is 6.05. The van der Waals surface area contributed by atoms with E-state index in [9.17, 15) is 0 Å². The van der Waals surface area contributed by atoms with E-state index in [0.29, 0.717) is 10.7 Å². The molecule has 0 bridgehead atoms. The van der Waals surface area contributed by atoms with Crippen LogP contribution in [0.2, 0.25) is 5.02 Å². The first-order chi connectivity index (χ1) is 10.6. The summed E-state index contributed by atoms with van der Waals surface area (Å²) in [5.41, 5.74) is 10.2. The Hall–Kier alpha value is -2.39. The quantitative estimate of drug-likeness (QED) is 0.654. The van der Waals surface area contributed by atoms with E-state index in [1.54, 1.807) is 6.08 Å². The molecule has 2 aromatic rings. The zero-order valence-corrected chi connectivity index (χ0v) is 13.4. The molecule has 22 heavy (non-hydrogen) atoms. The van der Waals surface area contributed by atoms with Crippen molar-refractivity contribution in [3.8, 4) is 0 Å². The first kappa shape index (κ1) is 16.0. The largest absolute Gasteiger partial charge is 0.398 e. The molecule has 0 spiro atoms. The van der Waals surface area contributed by atoms with Crippen molar-refractivity contribution in [2.75, 3.05) is 0 Å². The summed E-state index contributed by atoms with van der Waals surface area (Å²) in [7, 11) is 0. The van der Waals surface area contributed by atoms with Crippen molar-refractivity contribution >= 4 is 28.7 Å². The third-order valence-electron chi connectivity index (χ3n) is 3.09. The fraction of sp³-hybridized carbons (Fsp3) is 0.111. The van der Waals surface area contributed by atoms with E-state index in [4.69, 9.17) is 17.3 Å².